The standard InChI is InChI=1S/C13H22N2S/c1-5-11-12(7-14-8(2)3)16-13(15-11)10-6-9(10)4/h8-10,14H,5-7H2,1-4H3. The van der Waals surface area contributed by atoms with E-state index in [0.717, 1.165) is 24.8 Å². The zero-order valence-corrected chi connectivity index (χ0v) is 11.5. The fourth-order valence-electron chi connectivity index (χ4n) is 1.94. The third kappa shape index (κ3) is 2.64. The molecule has 1 saturated carbocycles. The molecule has 3 heteroatoms. The topological polar surface area (TPSA) is 24.9 Å². The monoisotopic (exact) mass is 238 g/mol. The molecule has 1 fully saturated rings. The van der Waals surface area contributed by atoms with Crippen molar-refractivity contribution in [2.24, 2.45) is 5.92 Å². The lowest BCUT2D eigenvalue weighted by molar-refractivity contribution is 0.590. The van der Waals surface area contributed by atoms with Crippen molar-refractivity contribution in [2.75, 3.05) is 0 Å². The van der Waals surface area contributed by atoms with Gasteiger partial charge in [-0.05, 0) is 18.8 Å². The zero-order valence-electron chi connectivity index (χ0n) is 10.7. The average molecular weight is 238 g/mol. The smallest absolute Gasteiger partial charge is 0.0965 e. The van der Waals surface area contributed by atoms with Gasteiger partial charge >= 0.3 is 0 Å². The maximum absolute atomic E-state index is 4.80. The van der Waals surface area contributed by atoms with E-state index in [2.05, 4.69) is 33.0 Å². The van der Waals surface area contributed by atoms with Crippen LogP contribution in [0.5, 0.6) is 0 Å². The van der Waals surface area contributed by atoms with Gasteiger partial charge in [0.05, 0.1) is 10.7 Å². The molecule has 90 valence electrons. The molecule has 2 unspecified atom stereocenters. The van der Waals surface area contributed by atoms with E-state index in [1.54, 1.807) is 0 Å². The Bertz CT molecular complexity index is 357. The third-order valence-electron chi connectivity index (χ3n) is 3.23. The van der Waals surface area contributed by atoms with E-state index in [4.69, 9.17) is 4.98 Å². The van der Waals surface area contributed by atoms with Crippen LogP contribution in [0.4, 0.5) is 0 Å². The average Bonchev–Trinajstić information content (AvgIpc) is 2.82. The second kappa shape index (κ2) is 4.84. The van der Waals surface area contributed by atoms with Gasteiger partial charge in [0, 0.05) is 23.4 Å². The Morgan fingerprint density at radius 2 is 2.19 bits per heavy atom. The van der Waals surface area contributed by atoms with Crippen molar-refractivity contribution in [1.82, 2.24) is 10.3 Å². The molecule has 1 heterocycles. The Balaban J connectivity index is 2.07. The normalized spacial score (nSPS) is 24.1. The maximum atomic E-state index is 4.80. The van der Waals surface area contributed by atoms with Crippen LogP contribution in [0.1, 0.15) is 55.6 Å². The number of aromatic nitrogens is 1. The summed E-state index contributed by atoms with van der Waals surface area (Å²) >= 11 is 1.93. The van der Waals surface area contributed by atoms with Gasteiger partial charge in [-0.1, -0.05) is 27.7 Å². The van der Waals surface area contributed by atoms with Gasteiger partial charge in [0.15, 0.2) is 0 Å². The Kier molecular flexibility index (Phi) is 3.65. The maximum Gasteiger partial charge on any atom is 0.0965 e. The first kappa shape index (κ1) is 12.1. The molecular weight excluding hydrogens is 216 g/mol. The molecule has 16 heavy (non-hydrogen) atoms. The predicted molar refractivity (Wildman–Crippen MR) is 70.0 cm³/mol. The third-order valence-corrected chi connectivity index (χ3v) is 4.46. The van der Waals surface area contributed by atoms with E-state index in [0.29, 0.717) is 6.04 Å². The van der Waals surface area contributed by atoms with Crippen molar-refractivity contribution in [1.29, 1.82) is 0 Å². The second-order valence-corrected chi connectivity index (χ2v) is 6.25. The van der Waals surface area contributed by atoms with Crippen LogP contribution in [0.25, 0.3) is 0 Å². The first-order chi connectivity index (χ1) is 7.61. The summed E-state index contributed by atoms with van der Waals surface area (Å²) in [6, 6.07) is 0.551. The highest BCUT2D eigenvalue weighted by atomic mass is 32.1. The van der Waals surface area contributed by atoms with E-state index in [-0.39, 0.29) is 0 Å². The molecule has 0 saturated heterocycles. The molecule has 1 aliphatic carbocycles. The highest BCUT2D eigenvalue weighted by molar-refractivity contribution is 7.11. The van der Waals surface area contributed by atoms with Gasteiger partial charge in [-0.15, -0.1) is 11.3 Å². The van der Waals surface area contributed by atoms with Crippen LogP contribution >= 0.6 is 11.3 Å². The van der Waals surface area contributed by atoms with Crippen LogP contribution in [0.3, 0.4) is 0 Å². The van der Waals surface area contributed by atoms with Gasteiger partial charge in [0.25, 0.3) is 0 Å². The van der Waals surface area contributed by atoms with Gasteiger partial charge in [-0.25, -0.2) is 4.98 Å². The predicted octanol–water partition coefficient (Wildman–Crippen LogP) is 3.33. The fraction of sp³-hybridized carbons (Fsp3) is 0.769. The Morgan fingerprint density at radius 1 is 1.50 bits per heavy atom. The van der Waals surface area contributed by atoms with Crippen LogP contribution in [0.2, 0.25) is 0 Å². The molecule has 1 aromatic heterocycles. The molecule has 0 bridgehead atoms. The Morgan fingerprint density at radius 3 is 2.69 bits per heavy atom. The van der Waals surface area contributed by atoms with Gasteiger partial charge in [-0.3, -0.25) is 0 Å². The molecule has 0 radical (unpaired) electrons. The molecular formula is C13H22N2S. The number of nitrogens with zero attached hydrogens (tertiary/aromatic N) is 1. The summed E-state index contributed by atoms with van der Waals surface area (Å²) in [5.74, 6) is 1.63. The van der Waals surface area contributed by atoms with Crippen LogP contribution in [-0.2, 0) is 13.0 Å². The van der Waals surface area contributed by atoms with E-state index in [9.17, 15) is 0 Å². The summed E-state index contributed by atoms with van der Waals surface area (Å²) in [6.07, 6.45) is 2.40. The number of hydrogen-bond donors (Lipinski definition) is 1. The minimum absolute atomic E-state index is 0.551. The molecule has 2 rings (SSSR count). The lowest BCUT2D eigenvalue weighted by atomic mass is 10.3. The molecule has 2 nitrogen and oxygen atoms in total. The number of rotatable bonds is 5. The molecule has 0 spiro atoms. The summed E-state index contributed by atoms with van der Waals surface area (Å²) < 4.78 is 0. The second-order valence-electron chi connectivity index (χ2n) is 5.13. The molecule has 1 N–H and O–H groups in total. The molecule has 0 aliphatic heterocycles. The number of aryl methyl sites for hydroxylation is 1. The van der Waals surface area contributed by atoms with Crippen LogP contribution in [-0.4, -0.2) is 11.0 Å². The van der Waals surface area contributed by atoms with Gasteiger partial charge < -0.3 is 5.32 Å². The van der Waals surface area contributed by atoms with Crippen molar-refractivity contribution in [3.8, 4) is 0 Å². The lowest BCUT2D eigenvalue weighted by Gasteiger charge is -2.06. The summed E-state index contributed by atoms with van der Waals surface area (Å²) in [4.78, 5) is 6.25. The van der Waals surface area contributed by atoms with Crippen molar-refractivity contribution in [3.63, 3.8) is 0 Å². The number of thiazole rings is 1. The quantitative estimate of drug-likeness (QED) is 0.851. The molecule has 1 aromatic rings. The molecule has 0 amide bonds. The fourth-order valence-corrected chi connectivity index (χ4v) is 3.29. The van der Waals surface area contributed by atoms with Gasteiger partial charge in [0.1, 0.15) is 0 Å². The highest BCUT2D eigenvalue weighted by Gasteiger charge is 2.37. The molecule has 2 atom stereocenters. The van der Waals surface area contributed by atoms with Crippen molar-refractivity contribution in [2.45, 2.75) is 59.0 Å². The first-order valence-electron chi connectivity index (χ1n) is 6.33. The number of nitrogens with one attached hydrogen (secondary N) is 1. The minimum atomic E-state index is 0.551. The largest absolute Gasteiger partial charge is 0.310 e. The van der Waals surface area contributed by atoms with Crippen LogP contribution in [0, 0.1) is 5.92 Å². The van der Waals surface area contributed by atoms with E-state index >= 15 is 0 Å². The lowest BCUT2D eigenvalue weighted by Crippen LogP contribution is -2.21. The first-order valence-corrected chi connectivity index (χ1v) is 7.15. The SMILES string of the molecule is CCc1nc(C2CC2C)sc1CNC(C)C. The van der Waals surface area contributed by atoms with E-state index in [1.165, 1.54) is 22.0 Å². The van der Waals surface area contributed by atoms with E-state index < -0.39 is 0 Å². The summed E-state index contributed by atoms with van der Waals surface area (Å²) in [6.45, 7) is 9.89. The van der Waals surface area contributed by atoms with Crippen molar-refractivity contribution in [3.05, 3.63) is 15.6 Å². The van der Waals surface area contributed by atoms with Crippen LogP contribution in [0.15, 0.2) is 0 Å². The van der Waals surface area contributed by atoms with E-state index in [1.807, 2.05) is 11.3 Å². The minimum Gasteiger partial charge on any atom is -0.310 e. The Hall–Kier alpha value is -0.410. The summed E-state index contributed by atoms with van der Waals surface area (Å²) in [7, 11) is 0. The number of hydrogen-bond acceptors (Lipinski definition) is 3. The van der Waals surface area contributed by atoms with Gasteiger partial charge in [0.2, 0.25) is 0 Å². The van der Waals surface area contributed by atoms with Crippen molar-refractivity contribution >= 4 is 11.3 Å². The van der Waals surface area contributed by atoms with Crippen molar-refractivity contribution < 1.29 is 0 Å². The summed E-state index contributed by atoms with van der Waals surface area (Å²) in [5, 5.41) is 4.87. The summed E-state index contributed by atoms with van der Waals surface area (Å²) in [5.41, 5.74) is 1.31. The zero-order chi connectivity index (χ0) is 11.7. The molecule has 0 aromatic carbocycles. The van der Waals surface area contributed by atoms with Gasteiger partial charge in [-0.2, -0.15) is 0 Å². The Labute approximate surface area is 102 Å². The molecule has 1 aliphatic rings. The van der Waals surface area contributed by atoms with Crippen LogP contribution < -0.4 is 5.32 Å². The highest BCUT2D eigenvalue weighted by Crippen LogP contribution is 2.48.